The first-order valence-electron chi connectivity index (χ1n) is 13.3. The summed E-state index contributed by atoms with van der Waals surface area (Å²) < 4.78 is 55.5. The molecule has 5 rings (SSSR count). The third-order valence-electron chi connectivity index (χ3n) is 7.02. The summed E-state index contributed by atoms with van der Waals surface area (Å²) in [5, 5.41) is 2.88. The van der Waals surface area contributed by atoms with Gasteiger partial charge in [-0.2, -0.15) is 13.2 Å². The van der Waals surface area contributed by atoms with E-state index in [9.17, 15) is 27.2 Å². The lowest BCUT2D eigenvalue weighted by atomic mass is 9.96. The van der Waals surface area contributed by atoms with Crippen LogP contribution in [-0.2, 0) is 17.5 Å². The Morgan fingerprint density at radius 1 is 0.857 bits per heavy atom. The van der Waals surface area contributed by atoms with E-state index in [-0.39, 0.29) is 25.2 Å². The molecule has 4 aromatic rings. The maximum Gasteiger partial charge on any atom is 0.416 e. The maximum absolute atomic E-state index is 14.0. The van der Waals surface area contributed by atoms with E-state index in [0.29, 0.717) is 11.3 Å². The van der Waals surface area contributed by atoms with Crippen LogP contribution in [0.5, 0.6) is 0 Å². The maximum atomic E-state index is 14.0. The molecule has 1 N–H and O–H groups in total. The number of carbonyl (C=O) groups excluding carboxylic acids is 2. The number of hydrogen-bond donors (Lipinski definition) is 1. The third-order valence-corrected chi connectivity index (χ3v) is 7.02. The fourth-order valence-electron chi connectivity index (χ4n) is 4.96. The Bertz CT molecular complexity index is 1590. The van der Waals surface area contributed by atoms with E-state index in [2.05, 4.69) is 5.32 Å². The topological polar surface area (TPSA) is 52.7 Å². The molecule has 1 aliphatic rings. The van der Waals surface area contributed by atoms with Gasteiger partial charge in [0, 0.05) is 18.7 Å². The van der Waals surface area contributed by atoms with E-state index in [1.54, 1.807) is 18.2 Å². The summed E-state index contributed by atoms with van der Waals surface area (Å²) in [6.07, 6.45) is -1.55. The molecule has 0 spiro atoms. The Kier molecular flexibility index (Phi) is 8.38. The quantitative estimate of drug-likeness (QED) is 0.197. The average Bonchev–Trinajstić information content (AvgIpc) is 2.98. The van der Waals surface area contributed by atoms with Crippen molar-refractivity contribution in [3.63, 3.8) is 0 Å². The highest BCUT2D eigenvalue weighted by Crippen LogP contribution is 2.38. The zero-order valence-electron chi connectivity index (χ0n) is 22.4. The van der Waals surface area contributed by atoms with Gasteiger partial charge in [-0.15, -0.1) is 0 Å². The van der Waals surface area contributed by atoms with E-state index in [4.69, 9.17) is 0 Å². The van der Waals surface area contributed by atoms with Crippen molar-refractivity contribution in [2.75, 3.05) is 18.4 Å². The van der Waals surface area contributed by atoms with Crippen molar-refractivity contribution in [3.8, 4) is 11.1 Å². The Morgan fingerprint density at radius 3 is 2.26 bits per heavy atom. The molecule has 0 fully saturated rings. The van der Waals surface area contributed by atoms with Crippen LogP contribution in [0, 0.1) is 5.82 Å². The van der Waals surface area contributed by atoms with Crippen LogP contribution in [0.1, 0.15) is 22.7 Å². The normalized spacial score (nSPS) is 16.5. The minimum absolute atomic E-state index is 0.000149. The van der Waals surface area contributed by atoms with Gasteiger partial charge in [-0.3, -0.25) is 4.79 Å². The fourth-order valence-corrected chi connectivity index (χ4v) is 4.96. The van der Waals surface area contributed by atoms with Gasteiger partial charge in [-0.1, -0.05) is 91.0 Å². The van der Waals surface area contributed by atoms with E-state index in [1.165, 1.54) is 58.3 Å². The second kappa shape index (κ2) is 12.3. The number of amides is 3. The highest BCUT2D eigenvalue weighted by Gasteiger charge is 2.37. The highest BCUT2D eigenvalue weighted by atomic mass is 19.4. The monoisotopic (exact) mass is 573 g/mol. The number of benzene rings is 4. The molecule has 0 saturated carbocycles. The first kappa shape index (κ1) is 28.6. The van der Waals surface area contributed by atoms with Gasteiger partial charge < -0.3 is 15.1 Å². The van der Waals surface area contributed by atoms with Gasteiger partial charge >= 0.3 is 12.2 Å². The highest BCUT2D eigenvalue weighted by molar-refractivity contribution is 5.96. The molecule has 1 atom stereocenters. The smallest absolute Gasteiger partial charge is 0.326 e. The van der Waals surface area contributed by atoms with Crippen molar-refractivity contribution in [2.24, 2.45) is 0 Å². The molecule has 1 aliphatic heterocycles. The Morgan fingerprint density at radius 2 is 1.52 bits per heavy atom. The van der Waals surface area contributed by atoms with Crippen LogP contribution in [-0.4, -0.2) is 34.8 Å². The number of rotatable bonds is 5. The third kappa shape index (κ3) is 6.52. The van der Waals surface area contributed by atoms with Crippen molar-refractivity contribution >= 4 is 17.6 Å². The zero-order valence-corrected chi connectivity index (χ0v) is 22.4. The molecule has 42 heavy (non-hydrogen) atoms. The zero-order chi connectivity index (χ0) is 29.7. The van der Waals surface area contributed by atoms with Crippen LogP contribution in [0.15, 0.2) is 115 Å². The molecular formula is C33H27F4N3O2. The first-order valence-corrected chi connectivity index (χ1v) is 13.3. The van der Waals surface area contributed by atoms with Gasteiger partial charge in [0.2, 0.25) is 5.91 Å². The number of carbonyl (C=O) groups is 2. The van der Waals surface area contributed by atoms with Crippen LogP contribution in [0.4, 0.5) is 28.0 Å². The molecule has 4 aromatic carbocycles. The van der Waals surface area contributed by atoms with Crippen LogP contribution in [0.3, 0.4) is 0 Å². The summed E-state index contributed by atoms with van der Waals surface area (Å²) in [5.41, 5.74) is 1.82. The number of hydrogen-bond acceptors (Lipinski definition) is 2. The van der Waals surface area contributed by atoms with Crippen molar-refractivity contribution in [3.05, 3.63) is 138 Å². The van der Waals surface area contributed by atoms with Crippen LogP contribution in [0.25, 0.3) is 11.1 Å². The summed E-state index contributed by atoms with van der Waals surface area (Å²) >= 11 is 0. The van der Waals surface area contributed by atoms with Crippen molar-refractivity contribution in [1.29, 1.82) is 0 Å². The van der Waals surface area contributed by atoms with Gasteiger partial charge in [0.25, 0.3) is 0 Å². The SMILES string of the molecule is O=C(Nc1ccccc1-c1ccccc1)N1C/C=C\C(c2ccccc2C(F)(F)F)N(Cc2ccc(F)cc2)C(=O)C1. The lowest BCUT2D eigenvalue weighted by Crippen LogP contribution is -2.46. The molecule has 1 unspecified atom stereocenters. The molecule has 1 heterocycles. The van der Waals surface area contributed by atoms with E-state index < -0.39 is 35.5 Å². The largest absolute Gasteiger partial charge is 0.416 e. The fraction of sp³-hybridized carbons (Fsp3) is 0.152. The van der Waals surface area contributed by atoms with Crippen molar-refractivity contribution in [2.45, 2.75) is 18.8 Å². The average molecular weight is 574 g/mol. The molecule has 0 aliphatic carbocycles. The minimum atomic E-state index is -4.64. The first-order chi connectivity index (χ1) is 20.2. The van der Waals surface area contributed by atoms with Crippen molar-refractivity contribution in [1.82, 2.24) is 9.80 Å². The van der Waals surface area contributed by atoms with E-state index >= 15 is 0 Å². The number of alkyl halides is 3. The number of nitrogens with zero attached hydrogens (tertiary/aromatic N) is 2. The van der Waals surface area contributed by atoms with E-state index in [0.717, 1.165) is 17.2 Å². The molecule has 0 saturated heterocycles. The van der Waals surface area contributed by atoms with Crippen LogP contribution in [0.2, 0.25) is 0 Å². The Balaban J connectivity index is 1.46. The summed E-state index contributed by atoms with van der Waals surface area (Å²) in [5.74, 6) is -1.03. The molecule has 0 radical (unpaired) electrons. The number of halogens is 4. The summed E-state index contributed by atoms with van der Waals surface area (Å²) in [7, 11) is 0. The molecule has 3 amide bonds. The molecular weight excluding hydrogens is 546 g/mol. The number of nitrogens with one attached hydrogen (secondary N) is 1. The van der Waals surface area contributed by atoms with Crippen LogP contribution < -0.4 is 5.32 Å². The Hall–Kier alpha value is -4.92. The second-order valence-corrected chi connectivity index (χ2v) is 9.83. The van der Waals surface area contributed by atoms with Gasteiger partial charge in [-0.25, -0.2) is 9.18 Å². The number of anilines is 1. The summed E-state index contributed by atoms with van der Waals surface area (Å²) in [4.78, 5) is 29.8. The van der Waals surface area contributed by atoms with E-state index in [1.807, 2.05) is 42.5 Å². The minimum Gasteiger partial charge on any atom is -0.326 e. The molecule has 0 bridgehead atoms. The number of para-hydroxylation sites is 1. The van der Waals surface area contributed by atoms with Crippen molar-refractivity contribution < 1.29 is 27.2 Å². The summed E-state index contributed by atoms with van der Waals surface area (Å²) in [6.45, 7) is -0.470. The van der Waals surface area contributed by atoms with Gasteiger partial charge in [0.1, 0.15) is 12.4 Å². The van der Waals surface area contributed by atoms with Gasteiger partial charge in [-0.05, 0) is 41.0 Å². The second-order valence-electron chi connectivity index (χ2n) is 9.83. The summed E-state index contributed by atoms with van der Waals surface area (Å²) in [6, 6.07) is 25.7. The lowest BCUT2D eigenvalue weighted by Gasteiger charge is -2.35. The molecule has 0 aromatic heterocycles. The predicted molar refractivity (Wildman–Crippen MR) is 153 cm³/mol. The lowest BCUT2D eigenvalue weighted by molar-refractivity contribution is -0.141. The Labute approximate surface area is 240 Å². The number of urea groups is 1. The standard InChI is InChI=1S/C33H27F4N3O2/c34-25-18-16-23(17-19-25)21-40-30(27-12-4-6-13-28(27)33(35,36)37)15-8-20-39(22-31(40)41)32(42)38-29-14-7-5-11-26(29)24-9-2-1-3-10-24/h1-19,30H,20-22H2,(H,38,42)/b15-8-. The van der Waals surface area contributed by atoms with Gasteiger partial charge in [0.15, 0.2) is 0 Å². The molecule has 214 valence electrons. The molecule has 5 nitrogen and oxygen atoms in total. The molecule has 9 heteroatoms. The van der Waals surface area contributed by atoms with Crippen LogP contribution >= 0.6 is 0 Å². The predicted octanol–water partition coefficient (Wildman–Crippen LogP) is 7.69. The van der Waals surface area contributed by atoms with Gasteiger partial charge in [0.05, 0.1) is 17.3 Å².